The van der Waals surface area contributed by atoms with E-state index in [2.05, 4.69) is 19.9 Å². The van der Waals surface area contributed by atoms with Gasteiger partial charge in [-0.1, -0.05) is 17.7 Å². The van der Waals surface area contributed by atoms with Crippen LogP contribution in [0.4, 0.5) is 13.2 Å². The number of alkyl halides is 3. The molecule has 0 unspecified atom stereocenters. The number of nitrogens with zero attached hydrogens (tertiary/aromatic N) is 3. The highest BCUT2D eigenvalue weighted by Crippen LogP contribution is 2.28. The Balaban J connectivity index is 1.49. The summed E-state index contributed by atoms with van der Waals surface area (Å²) in [6.45, 7) is 0. The van der Waals surface area contributed by atoms with Gasteiger partial charge >= 0.3 is 6.18 Å². The lowest BCUT2D eigenvalue weighted by Gasteiger charge is -2.05. The Hall–Kier alpha value is -2.45. The highest BCUT2D eigenvalue weighted by Gasteiger charge is 2.32. The lowest BCUT2D eigenvalue weighted by Crippen LogP contribution is -2.07. The highest BCUT2D eigenvalue weighted by atomic mass is 35.5. The molecule has 27 heavy (non-hydrogen) atoms. The summed E-state index contributed by atoms with van der Waals surface area (Å²) in [6.07, 6.45) is 3.21. The average molecular weight is 409 g/mol. The van der Waals surface area contributed by atoms with E-state index in [-0.39, 0.29) is 0 Å². The minimum atomic E-state index is -4.43. The Morgan fingerprint density at radius 3 is 2.63 bits per heavy atom. The van der Waals surface area contributed by atoms with E-state index in [1.165, 1.54) is 23.6 Å². The average Bonchev–Trinajstić information content (AvgIpc) is 3.22. The quantitative estimate of drug-likeness (QED) is 0.500. The summed E-state index contributed by atoms with van der Waals surface area (Å²) in [5.74, 6) is 0. The Labute approximate surface area is 161 Å². The smallest absolute Gasteiger partial charge is 0.346 e. The van der Waals surface area contributed by atoms with Crippen molar-refractivity contribution in [1.29, 1.82) is 0 Å². The molecule has 0 fully saturated rings. The normalized spacial score (nSPS) is 12.0. The monoisotopic (exact) mass is 408 g/mol. The molecular weight excluding hydrogens is 397 g/mol. The van der Waals surface area contributed by atoms with Crippen LogP contribution in [0.2, 0.25) is 5.02 Å². The standard InChI is InChI=1S/C18H12ClF3N4S/c19-12-5-14-11(7-25-17(14)26-8-12)4-13-9-24-16(27-13)3-10-1-2-15(23-6-10)18(20,21)22/h1-2,5-9H,3-4H2,(H,25,26). The summed E-state index contributed by atoms with van der Waals surface area (Å²) in [6, 6.07) is 4.29. The van der Waals surface area contributed by atoms with E-state index in [0.717, 1.165) is 32.5 Å². The zero-order valence-electron chi connectivity index (χ0n) is 13.7. The lowest BCUT2D eigenvalue weighted by atomic mass is 10.1. The molecule has 138 valence electrons. The van der Waals surface area contributed by atoms with Gasteiger partial charge in [0.05, 0.1) is 10.0 Å². The van der Waals surface area contributed by atoms with Crippen LogP contribution in [-0.4, -0.2) is 19.9 Å². The van der Waals surface area contributed by atoms with Crippen LogP contribution in [0.1, 0.15) is 26.7 Å². The van der Waals surface area contributed by atoms with Crippen LogP contribution in [0.3, 0.4) is 0 Å². The van der Waals surface area contributed by atoms with E-state index in [0.29, 0.717) is 23.4 Å². The molecule has 4 heterocycles. The third-order valence-corrected chi connectivity index (χ3v) is 5.22. The number of aromatic amines is 1. The molecule has 0 saturated carbocycles. The molecule has 0 aliphatic carbocycles. The second-order valence-corrected chi connectivity index (χ2v) is 7.62. The summed E-state index contributed by atoms with van der Waals surface area (Å²) in [5.41, 5.74) is 1.63. The maximum atomic E-state index is 12.6. The number of nitrogens with one attached hydrogen (secondary N) is 1. The van der Waals surface area contributed by atoms with Crippen molar-refractivity contribution in [3.8, 4) is 0 Å². The molecule has 9 heteroatoms. The van der Waals surface area contributed by atoms with E-state index in [4.69, 9.17) is 11.6 Å². The minimum absolute atomic E-state index is 0.442. The number of H-pyrrole nitrogens is 1. The first-order valence-corrected chi connectivity index (χ1v) is 9.15. The van der Waals surface area contributed by atoms with Gasteiger partial charge in [-0.3, -0.25) is 4.98 Å². The molecule has 0 atom stereocenters. The van der Waals surface area contributed by atoms with Crippen LogP contribution in [0.5, 0.6) is 0 Å². The number of pyridine rings is 2. The van der Waals surface area contributed by atoms with Gasteiger partial charge in [-0.25, -0.2) is 9.97 Å². The van der Waals surface area contributed by atoms with Crippen LogP contribution in [0.15, 0.2) is 43.0 Å². The Morgan fingerprint density at radius 1 is 1.04 bits per heavy atom. The number of rotatable bonds is 4. The predicted octanol–water partition coefficient (Wildman–Crippen LogP) is 5.27. The second kappa shape index (κ2) is 6.94. The maximum absolute atomic E-state index is 12.6. The van der Waals surface area contributed by atoms with E-state index >= 15 is 0 Å². The van der Waals surface area contributed by atoms with Crippen molar-refractivity contribution in [2.24, 2.45) is 0 Å². The Bertz CT molecular complexity index is 1090. The molecule has 0 spiro atoms. The fourth-order valence-corrected chi connectivity index (χ4v) is 3.89. The van der Waals surface area contributed by atoms with Gasteiger partial charge in [0.1, 0.15) is 11.3 Å². The number of halogens is 4. The first kappa shape index (κ1) is 17.9. The van der Waals surface area contributed by atoms with Gasteiger partial charge in [0.15, 0.2) is 0 Å². The molecule has 0 saturated heterocycles. The summed E-state index contributed by atoms with van der Waals surface area (Å²) >= 11 is 7.54. The molecular formula is C18H12ClF3N4S. The first-order chi connectivity index (χ1) is 12.9. The maximum Gasteiger partial charge on any atom is 0.433 e. The van der Waals surface area contributed by atoms with Gasteiger partial charge in [-0.05, 0) is 23.3 Å². The van der Waals surface area contributed by atoms with E-state index in [1.807, 2.05) is 12.3 Å². The SMILES string of the molecule is FC(F)(F)c1ccc(Cc2ncc(Cc3c[nH]c4ncc(Cl)cc34)s2)cn1. The molecule has 4 aromatic heterocycles. The Morgan fingerprint density at radius 2 is 1.89 bits per heavy atom. The van der Waals surface area contributed by atoms with Crippen molar-refractivity contribution in [3.05, 3.63) is 74.7 Å². The molecule has 4 aromatic rings. The third-order valence-electron chi connectivity index (χ3n) is 4.02. The van der Waals surface area contributed by atoms with Crippen molar-refractivity contribution in [2.75, 3.05) is 0 Å². The molecule has 0 aliphatic heterocycles. The molecule has 0 aromatic carbocycles. The number of aromatic nitrogens is 4. The van der Waals surface area contributed by atoms with E-state index < -0.39 is 11.9 Å². The second-order valence-electron chi connectivity index (χ2n) is 5.99. The van der Waals surface area contributed by atoms with Crippen molar-refractivity contribution >= 4 is 34.0 Å². The van der Waals surface area contributed by atoms with Gasteiger partial charge in [0.2, 0.25) is 0 Å². The van der Waals surface area contributed by atoms with Crippen LogP contribution in [0, 0.1) is 0 Å². The van der Waals surface area contributed by atoms with Gasteiger partial charge < -0.3 is 4.98 Å². The lowest BCUT2D eigenvalue weighted by molar-refractivity contribution is -0.141. The van der Waals surface area contributed by atoms with Crippen LogP contribution in [-0.2, 0) is 19.0 Å². The van der Waals surface area contributed by atoms with Gasteiger partial charge in [-0.2, -0.15) is 13.2 Å². The van der Waals surface area contributed by atoms with Crippen LogP contribution >= 0.6 is 22.9 Å². The first-order valence-electron chi connectivity index (χ1n) is 7.96. The minimum Gasteiger partial charge on any atom is -0.346 e. The highest BCUT2D eigenvalue weighted by molar-refractivity contribution is 7.11. The fraction of sp³-hybridized carbons (Fsp3) is 0.167. The topological polar surface area (TPSA) is 54.5 Å². The summed E-state index contributed by atoms with van der Waals surface area (Å²) in [5, 5.41) is 2.36. The Kier molecular flexibility index (Phi) is 4.61. The number of fused-ring (bicyclic) bond motifs is 1. The molecule has 0 aliphatic rings. The number of hydrogen-bond acceptors (Lipinski definition) is 4. The van der Waals surface area contributed by atoms with E-state index in [1.54, 1.807) is 12.4 Å². The van der Waals surface area contributed by atoms with Crippen molar-refractivity contribution in [1.82, 2.24) is 19.9 Å². The van der Waals surface area contributed by atoms with Gasteiger partial charge in [0.25, 0.3) is 0 Å². The van der Waals surface area contributed by atoms with Crippen molar-refractivity contribution in [2.45, 2.75) is 19.0 Å². The molecule has 4 rings (SSSR count). The molecule has 0 bridgehead atoms. The van der Waals surface area contributed by atoms with Crippen molar-refractivity contribution < 1.29 is 13.2 Å². The van der Waals surface area contributed by atoms with Gasteiger partial charge in [-0.15, -0.1) is 11.3 Å². The number of hydrogen-bond donors (Lipinski definition) is 1. The summed E-state index contributed by atoms with van der Waals surface area (Å²) in [4.78, 5) is 16.3. The zero-order chi connectivity index (χ0) is 19.0. The van der Waals surface area contributed by atoms with E-state index in [9.17, 15) is 13.2 Å². The van der Waals surface area contributed by atoms with Crippen LogP contribution < -0.4 is 0 Å². The third kappa shape index (κ3) is 3.96. The summed E-state index contributed by atoms with van der Waals surface area (Å²) < 4.78 is 37.7. The predicted molar refractivity (Wildman–Crippen MR) is 98.1 cm³/mol. The molecule has 0 amide bonds. The van der Waals surface area contributed by atoms with Gasteiger partial charge in [0, 0.05) is 47.9 Å². The van der Waals surface area contributed by atoms with Crippen LogP contribution in [0.25, 0.3) is 11.0 Å². The molecule has 4 nitrogen and oxygen atoms in total. The fourth-order valence-electron chi connectivity index (χ4n) is 2.75. The molecule has 0 radical (unpaired) electrons. The van der Waals surface area contributed by atoms with Crippen molar-refractivity contribution in [3.63, 3.8) is 0 Å². The zero-order valence-corrected chi connectivity index (χ0v) is 15.3. The molecule has 1 N–H and O–H groups in total. The summed E-state index contributed by atoms with van der Waals surface area (Å²) in [7, 11) is 0. The number of thiazole rings is 1. The largest absolute Gasteiger partial charge is 0.433 e.